The number of aliphatic imine (C=N–C) groups is 1. The first-order chi connectivity index (χ1) is 14.4. The summed E-state index contributed by atoms with van der Waals surface area (Å²) in [6.45, 7) is 4.77. The van der Waals surface area contributed by atoms with E-state index in [2.05, 4.69) is 20.6 Å². The minimum atomic E-state index is -0.540. The van der Waals surface area contributed by atoms with Gasteiger partial charge in [-0.3, -0.25) is 15.2 Å². The predicted molar refractivity (Wildman–Crippen MR) is 118 cm³/mol. The quantitative estimate of drug-likeness (QED) is 0.139. The van der Waals surface area contributed by atoms with Gasteiger partial charge in [0.2, 0.25) is 0 Å². The molecular weight excluding hydrogens is 384 g/mol. The maximum absolute atomic E-state index is 12.8. The Kier molecular flexibility index (Phi) is 8.12. The largest absolute Gasteiger partial charge is 0.482 e. The molecule has 0 atom stereocenters. The molecule has 0 bridgehead atoms. The normalized spacial score (nSPS) is 14.1. The van der Waals surface area contributed by atoms with Crippen LogP contribution < -0.4 is 22.1 Å². The lowest BCUT2D eigenvalue weighted by atomic mass is 10.2. The number of aromatic nitrogens is 1. The SMILES string of the molecule is COC(N)=C(C=NC1=CNCC=C1)C(=O)Nc1cccc(C(=N)N(CN)C(C)C)n1. The van der Waals surface area contributed by atoms with Gasteiger partial charge in [-0.15, -0.1) is 0 Å². The summed E-state index contributed by atoms with van der Waals surface area (Å²) in [6.07, 6.45) is 6.78. The van der Waals surface area contributed by atoms with Gasteiger partial charge in [-0.1, -0.05) is 12.1 Å². The smallest absolute Gasteiger partial charge is 0.263 e. The molecule has 1 aliphatic rings. The number of pyridine rings is 1. The molecule has 0 aliphatic carbocycles. The second kappa shape index (κ2) is 10.8. The highest BCUT2D eigenvalue weighted by atomic mass is 16.5. The number of carbonyl (C=O) groups is 1. The van der Waals surface area contributed by atoms with Crippen molar-refractivity contribution >= 4 is 23.8 Å². The van der Waals surface area contributed by atoms with Crippen LogP contribution in [0.3, 0.4) is 0 Å². The van der Waals surface area contributed by atoms with Gasteiger partial charge in [0, 0.05) is 25.0 Å². The fourth-order valence-electron chi connectivity index (χ4n) is 2.55. The Morgan fingerprint density at radius 3 is 2.87 bits per heavy atom. The van der Waals surface area contributed by atoms with Gasteiger partial charge in [0.15, 0.2) is 5.88 Å². The molecule has 0 saturated carbocycles. The van der Waals surface area contributed by atoms with Crippen LogP contribution in [0.5, 0.6) is 0 Å². The number of amides is 1. The summed E-state index contributed by atoms with van der Waals surface area (Å²) in [6, 6.07) is 5.03. The average Bonchev–Trinajstić information content (AvgIpc) is 2.74. The van der Waals surface area contributed by atoms with Crippen LogP contribution in [0.15, 0.2) is 58.7 Å². The minimum Gasteiger partial charge on any atom is -0.482 e. The number of anilines is 1. The van der Waals surface area contributed by atoms with E-state index >= 15 is 0 Å². The maximum atomic E-state index is 12.8. The molecule has 0 saturated heterocycles. The fraction of sp³-hybridized carbons (Fsp3) is 0.300. The molecular formula is C20H28N8O2. The van der Waals surface area contributed by atoms with E-state index in [0.29, 0.717) is 11.4 Å². The van der Waals surface area contributed by atoms with Crippen LogP contribution in [0, 0.1) is 5.41 Å². The van der Waals surface area contributed by atoms with Gasteiger partial charge in [-0.25, -0.2) is 4.98 Å². The molecule has 1 aliphatic heterocycles. The summed E-state index contributed by atoms with van der Waals surface area (Å²) in [7, 11) is 1.37. The van der Waals surface area contributed by atoms with Crippen LogP contribution >= 0.6 is 0 Å². The Labute approximate surface area is 175 Å². The van der Waals surface area contributed by atoms with Gasteiger partial charge >= 0.3 is 0 Å². The number of allylic oxidation sites excluding steroid dienone is 1. The standard InChI is InChI=1S/C20H28N8O2/c1-13(2)28(12-21)18(22)16-7-4-8-17(26-16)27-20(29)15(19(23)30-3)11-25-14-6-5-9-24-10-14/h4-8,10-11,13,22,24H,9,12,21,23H2,1-3H3,(H,26,27,29). The molecule has 1 aromatic rings. The Morgan fingerprint density at radius 2 is 2.27 bits per heavy atom. The number of hydrogen-bond donors (Lipinski definition) is 5. The fourth-order valence-corrected chi connectivity index (χ4v) is 2.55. The van der Waals surface area contributed by atoms with Crippen molar-refractivity contribution in [2.24, 2.45) is 16.5 Å². The molecule has 0 radical (unpaired) electrons. The number of dihydropyridines is 1. The van der Waals surface area contributed by atoms with Gasteiger partial charge in [-0.2, -0.15) is 0 Å². The zero-order chi connectivity index (χ0) is 22.1. The van der Waals surface area contributed by atoms with E-state index in [1.807, 2.05) is 26.0 Å². The summed E-state index contributed by atoms with van der Waals surface area (Å²) in [4.78, 5) is 23.1. The van der Waals surface area contributed by atoms with Crippen LogP contribution in [0.25, 0.3) is 0 Å². The molecule has 1 aromatic heterocycles. The molecule has 10 nitrogen and oxygen atoms in total. The summed E-state index contributed by atoms with van der Waals surface area (Å²) in [5.41, 5.74) is 12.6. The van der Waals surface area contributed by atoms with Crippen LogP contribution in [-0.4, -0.2) is 54.2 Å². The van der Waals surface area contributed by atoms with E-state index in [-0.39, 0.29) is 35.8 Å². The molecule has 1 amide bonds. The lowest BCUT2D eigenvalue weighted by molar-refractivity contribution is -0.112. The van der Waals surface area contributed by atoms with E-state index < -0.39 is 5.91 Å². The topological polar surface area (TPSA) is 155 Å². The number of nitrogens with zero attached hydrogens (tertiary/aromatic N) is 3. The second-order valence-corrected chi connectivity index (χ2v) is 6.58. The zero-order valence-electron chi connectivity index (χ0n) is 17.3. The summed E-state index contributed by atoms with van der Waals surface area (Å²) in [5, 5.41) is 14.0. The highest BCUT2D eigenvalue weighted by Crippen LogP contribution is 2.12. The van der Waals surface area contributed by atoms with Crippen molar-refractivity contribution in [2.75, 3.05) is 25.6 Å². The number of rotatable bonds is 8. The third-order valence-corrected chi connectivity index (χ3v) is 4.19. The van der Waals surface area contributed by atoms with Crippen molar-refractivity contribution in [3.05, 3.63) is 59.4 Å². The van der Waals surface area contributed by atoms with E-state index in [1.54, 1.807) is 29.3 Å². The lowest BCUT2D eigenvalue weighted by Gasteiger charge is -2.27. The maximum Gasteiger partial charge on any atom is 0.263 e. The summed E-state index contributed by atoms with van der Waals surface area (Å²) < 4.78 is 5.02. The van der Waals surface area contributed by atoms with Gasteiger partial charge in [-0.05, 0) is 32.1 Å². The number of ether oxygens (including phenoxy) is 1. The lowest BCUT2D eigenvalue weighted by Crippen LogP contribution is -2.41. The number of carbonyl (C=O) groups excluding carboxylic acids is 1. The molecule has 0 fully saturated rings. The van der Waals surface area contributed by atoms with Gasteiger partial charge < -0.3 is 31.7 Å². The highest BCUT2D eigenvalue weighted by molar-refractivity contribution is 6.18. The van der Waals surface area contributed by atoms with Gasteiger partial charge in [0.25, 0.3) is 5.91 Å². The van der Waals surface area contributed by atoms with Crippen molar-refractivity contribution in [3.63, 3.8) is 0 Å². The van der Waals surface area contributed by atoms with Crippen molar-refractivity contribution < 1.29 is 9.53 Å². The number of amidine groups is 1. The first kappa shape index (κ1) is 22.6. The van der Waals surface area contributed by atoms with E-state index in [1.165, 1.54) is 13.3 Å². The van der Waals surface area contributed by atoms with E-state index in [0.717, 1.165) is 6.54 Å². The number of nitrogens with one attached hydrogen (secondary N) is 3. The van der Waals surface area contributed by atoms with Crippen molar-refractivity contribution in [1.82, 2.24) is 15.2 Å². The monoisotopic (exact) mass is 412 g/mol. The molecule has 30 heavy (non-hydrogen) atoms. The van der Waals surface area contributed by atoms with Gasteiger partial charge in [0.1, 0.15) is 22.9 Å². The molecule has 2 rings (SSSR count). The Hall–Kier alpha value is -3.66. The van der Waals surface area contributed by atoms with Crippen molar-refractivity contribution in [1.29, 1.82) is 5.41 Å². The Bertz CT molecular complexity index is 902. The number of methoxy groups -OCH3 is 1. The van der Waals surface area contributed by atoms with Gasteiger partial charge in [0.05, 0.1) is 19.5 Å². The Balaban J connectivity index is 2.22. The zero-order valence-corrected chi connectivity index (χ0v) is 17.3. The third-order valence-electron chi connectivity index (χ3n) is 4.19. The molecule has 2 heterocycles. The first-order valence-electron chi connectivity index (χ1n) is 9.39. The average molecular weight is 412 g/mol. The van der Waals surface area contributed by atoms with Crippen molar-refractivity contribution in [2.45, 2.75) is 19.9 Å². The molecule has 160 valence electrons. The number of nitrogens with two attached hydrogens (primary N) is 2. The predicted octanol–water partition coefficient (Wildman–Crippen LogP) is 0.860. The van der Waals surface area contributed by atoms with Crippen LogP contribution in [0.1, 0.15) is 19.5 Å². The van der Waals surface area contributed by atoms with Crippen LogP contribution in [-0.2, 0) is 9.53 Å². The van der Waals surface area contributed by atoms with Crippen LogP contribution in [0.4, 0.5) is 5.82 Å². The Morgan fingerprint density at radius 1 is 1.50 bits per heavy atom. The van der Waals surface area contributed by atoms with Crippen LogP contribution in [0.2, 0.25) is 0 Å². The summed E-state index contributed by atoms with van der Waals surface area (Å²) in [5.74, 6) is -0.193. The minimum absolute atomic E-state index is 0.0347. The molecule has 7 N–H and O–H groups in total. The number of hydrogen-bond acceptors (Lipinski definition) is 8. The van der Waals surface area contributed by atoms with E-state index in [9.17, 15) is 4.79 Å². The highest BCUT2D eigenvalue weighted by Gasteiger charge is 2.17. The van der Waals surface area contributed by atoms with Crippen molar-refractivity contribution in [3.8, 4) is 0 Å². The third kappa shape index (κ3) is 5.92. The van der Waals surface area contributed by atoms with E-state index in [4.69, 9.17) is 21.6 Å². The molecule has 10 heteroatoms. The summed E-state index contributed by atoms with van der Waals surface area (Å²) >= 11 is 0. The first-order valence-corrected chi connectivity index (χ1v) is 9.39. The molecule has 0 spiro atoms. The molecule has 0 unspecified atom stereocenters. The molecule has 0 aromatic carbocycles. The second-order valence-electron chi connectivity index (χ2n) is 6.58.